The molecule has 0 saturated carbocycles. The summed E-state index contributed by atoms with van der Waals surface area (Å²) in [6.07, 6.45) is 0.774. The number of benzene rings is 2. The normalized spacial score (nSPS) is 15.5. The molecule has 0 atom stereocenters. The highest BCUT2D eigenvalue weighted by Crippen LogP contribution is 2.44. The van der Waals surface area contributed by atoms with Crippen molar-refractivity contribution >= 4 is 18.1 Å². The predicted molar refractivity (Wildman–Crippen MR) is 112 cm³/mol. The molecule has 0 spiro atoms. The van der Waals surface area contributed by atoms with Crippen molar-refractivity contribution in [3.05, 3.63) is 71.6 Å². The van der Waals surface area contributed by atoms with E-state index in [9.17, 15) is 9.59 Å². The van der Waals surface area contributed by atoms with Gasteiger partial charge >= 0.3 is 12.1 Å². The maximum absolute atomic E-state index is 12.7. The Morgan fingerprint density at radius 2 is 1.61 bits per heavy atom. The Labute approximate surface area is 178 Å². The van der Waals surface area contributed by atoms with E-state index in [2.05, 4.69) is 29.2 Å². The first-order valence-corrected chi connectivity index (χ1v) is 10.2. The van der Waals surface area contributed by atoms with E-state index in [0.29, 0.717) is 26.2 Å². The third-order valence-corrected chi connectivity index (χ3v) is 5.86. The molecular formula is C23H21N3O5. The smallest absolute Gasteiger partial charge is 0.409 e. The number of carbonyl (C=O) groups excluding carboxylic acids is 1. The second kappa shape index (κ2) is 7.79. The molecule has 2 aromatic carbocycles. The van der Waals surface area contributed by atoms with Crippen LogP contribution in [0, 0.1) is 0 Å². The van der Waals surface area contributed by atoms with Crippen LogP contribution in [0.4, 0.5) is 10.8 Å². The Balaban J connectivity index is 1.21. The van der Waals surface area contributed by atoms with Gasteiger partial charge in [-0.25, -0.2) is 9.59 Å². The van der Waals surface area contributed by atoms with E-state index in [1.165, 1.54) is 22.3 Å². The van der Waals surface area contributed by atoms with Crippen LogP contribution in [-0.4, -0.2) is 59.8 Å². The summed E-state index contributed by atoms with van der Waals surface area (Å²) in [4.78, 5) is 31.1. The minimum atomic E-state index is -1.13. The number of nitrogens with zero attached hydrogens (tertiary/aromatic N) is 3. The number of piperazine rings is 1. The van der Waals surface area contributed by atoms with Gasteiger partial charge in [0.1, 0.15) is 12.9 Å². The number of rotatable bonds is 4. The van der Waals surface area contributed by atoms with E-state index >= 15 is 0 Å². The number of carboxylic acids is 1. The second-order valence-corrected chi connectivity index (χ2v) is 7.60. The van der Waals surface area contributed by atoms with Crippen molar-refractivity contribution in [2.24, 2.45) is 0 Å². The number of aromatic nitrogens is 1. The number of carbonyl (C=O) groups is 2. The van der Waals surface area contributed by atoms with Crippen molar-refractivity contribution in [3.63, 3.8) is 0 Å². The van der Waals surface area contributed by atoms with Gasteiger partial charge in [0.25, 0.3) is 6.01 Å². The van der Waals surface area contributed by atoms with Gasteiger partial charge < -0.3 is 24.1 Å². The zero-order valence-corrected chi connectivity index (χ0v) is 16.7. The number of oxazole rings is 1. The highest BCUT2D eigenvalue weighted by Gasteiger charge is 2.31. The molecule has 158 valence electrons. The Hall–Kier alpha value is -3.81. The van der Waals surface area contributed by atoms with E-state index in [1.807, 2.05) is 29.2 Å². The van der Waals surface area contributed by atoms with Gasteiger partial charge in [0, 0.05) is 32.1 Å². The quantitative estimate of drug-likeness (QED) is 0.692. The minimum absolute atomic E-state index is 0.0272. The van der Waals surface area contributed by atoms with Crippen LogP contribution in [-0.2, 0) is 4.74 Å². The molecule has 8 heteroatoms. The summed E-state index contributed by atoms with van der Waals surface area (Å²) in [5.74, 6) is -1.10. The lowest BCUT2D eigenvalue weighted by Crippen LogP contribution is -2.49. The average Bonchev–Trinajstić information content (AvgIpc) is 3.42. The summed E-state index contributed by atoms with van der Waals surface area (Å²) < 4.78 is 10.9. The molecule has 1 aliphatic carbocycles. The molecule has 31 heavy (non-hydrogen) atoms. The van der Waals surface area contributed by atoms with Gasteiger partial charge in [-0.05, 0) is 22.3 Å². The monoisotopic (exact) mass is 419 g/mol. The topological polar surface area (TPSA) is 96.1 Å². The summed E-state index contributed by atoms with van der Waals surface area (Å²) in [6.45, 7) is 2.16. The van der Waals surface area contributed by atoms with Crippen LogP contribution in [0.2, 0.25) is 0 Å². The highest BCUT2D eigenvalue weighted by atomic mass is 16.6. The zero-order chi connectivity index (χ0) is 21.4. The van der Waals surface area contributed by atoms with Crippen molar-refractivity contribution < 1.29 is 23.8 Å². The third-order valence-electron chi connectivity index (χ3n) is 5.86. The molecule has 0 bridgehead atoms. The SMILES string of the molecule is O=C(O)c1coc(N2CCN(C(=O)OCC3c4ccccc4-c4ccccc43)CC2)n1. The van der Waals surface area contributed by atoms with Gasteiger partial charge in [0.15, 0.2) is 5.69 Å². The van der Waals surface area contributed by atoms with Crippen LogP contribution < -0.4 is 4.90 Å². The number of amides is 1. The Kier molecular flexibility index (Phi) is 4.82. The van der Waals surface area contributed by atoms with Crippen LogP contribution >= 0.6 is 0 Å². The van der Waals surface area contributed by atoms with E-state index in [0.717, 1.165) is 6.26 Å². The predicted octanol–water partition coefficient (Wildman–Crippen LogP) is 3.44. The van der Waals surface area contributed by atoms with Crippen LogP contribution in [0.3, 0.4) is 0 Å². The third kappa shape index (κ3) is 3.50. The lowest BCUT2D eigenvalue weighted by Gasteiger charge is -2.33. The molecule has 0 radical (unpaired) electrons. The van der Waals surface area contributed by atoms with Crippen LogP contribution in [0.1, 0.15) is 27.5 Å². The van der Waals surface area contributed by atoms with Crippen molar-refractivity contribution in [1.29, 1.82) is 0 Å². The first-order chi connectivity index (χ1) is 15.1. The van der Waals surface area contributed by atoms with Gasteiger partial charge in [0.2, 0.25) is 0 Å². The van der Waals surface area contributed by atoms with Crippen LogP contribution in [0.15, 0.2) is 59.2 Å². The van der Waals surface area contributed by atoms with Crippen LogP contribution in [0.25, 0.3) is 11.1 Å². The molecule has 1 N–H and O–H groups in total. The molecular weight excluding hydrogens is 398 g/mol. The summed E-state index contributed by atoms with van der Waals surface area (Å²) in [5.41, 5.74) is 4.62. The standard InChI is InChI=1S/C23H21N3O5/c27-21(28)20-14-30-22(24-20)25-9-11-26(12-10-25)23(29)31-13-19-17-7-3-1-5-15(17)16-6-2-4-8-18(16)19/h1-8,14,19H,9-13H2,(H,27,28). The minimum Gasteiger partial charge on any atom is -0.476 e. The Bertz CT molecular complexity index is 1090. The molecule has 3 aromatic rings. The fraction of sp³-hybridized carbons (Fsp3) is 0.261. The van der Waals surface area contributed by atoms with Crippen molar-refractivity contribution in [2.45, 2.75) is 5.92 Å². The van der Waals surface area contributed by atoms with Gasteiger partial charge in [-0.3, -0.25) is 0 Å². The molecule has 1 fully saturated rings. The Morgan fingerprint density at radius 1 is 1.00 bits per heavy atom. The molecule has 5 rings (SSSR count). The zero-order valence-electron chi connectivity index (χ0n) is 16.7. The van der Waals surface area contributed by atoms with Crippen molar-refractivity contribution in [1.82, 2.24) is 9.88 Å². The summed E-state index contributed by atoms with van der Waals surface area (Å²) in [7, 11) is 0. The lowest BCUT2D eigenvalue weighted by molar-refractivity contribution is 0.0690. The first-order valence-electron chi connectivity index (χ1n) is 10.2. The molecule has 1 aliphatic heterocycles. The van der Waals surface area contributed by atoms with Crippen molar-refractivity contribution in [2.75, 3.05) is 37.7 Å². The van der Waals surface area contributed by atoms with Crippen molar-refractivity contribution in [3.8, 4) is 11.1 Å². The number of aromatic carboxylic acids is 1. The second-order valence-electron chi connectivity index (χ2n) is 7.60. The number of fused-ring (bicyclic) bond motifs is 3. The summed E-state index contributed by atoms with van der Waals surface area (Å²) in [5, 5.41) is 8.97. The number of anilines is 1. The number of hydrogen-bond acceptors (Lipinski definition) is 6. The summed E-state index contributed by atoms with van der Waals surface area (Å²) >= 11 is 0. The maximum Gasteiger partial charge on any atom is 0.409 e. The van der Waals surface area contributed by atoms with E-state index in [4.69, 9.17) is 14.3 Å². The molecule has 2 aliphatic rings. The number of ether oxygens (including phenoxy) is 1. The largest absolute Gasteiger partial charge is 0.476 e. The summed E-state index contributed by atoms with van der Waals surface area (Å²) in [6, 6.07) is 16.7. The van der Waals surface area contributed by atoms with E-state index in [1.54, 1.807) is 4.90 Å². The maximum atomic E-state index is 12.7. The van der Waals surface area contributed by atoms with Gasteiger partial charge in [-0.1, -0.05) is 48.5 Å². The number of carboxylic acid groups (broad SMARTS) is 1. The highest BCUT2D eigenvalue weighted by molar-refractivity contribution is 5.85. The van der Waals surface area contributed by atoms with Crippen LogP contribution in [0.5, 0.6) is 0 Å². The lowest BCUT2D eigenvalue weighted by atomic mass is 9.98. The molecule has 1 aromatic heterocycles. The molecule has 8 nitrogen and oxygen atoms in total. The Morgan fingerprint density at radius 3 is 2.19 bits per heavy atom. The average molecular weight is 419 g/mol. The first kappa shape index (κ1) is 19.2. The van der Waals surface area contributed by atoms with Gasteiger partial charge in [-0.15, -0.1) is 0 Å². The van der Waals surface area contributed by atoms with Gasteiger partial charge in [-0.2, -0.15) is 4.98 Å². The fourth-order valence-electron chi connectivity index (χ4n) is 4.27. The molecule has 1 saturated heterocycles. The number of hydrogen-bond donors (Lipinski definition) is 1. The molecule has 0 unspecified atom stereocenters. The molecule has 2 heterocycles. The van der Waals surface area contributed by atoms with E-state index in [-0.39, 0.29) is 30.3 Å². The fourth-order valence-corrected chi connectivity index (χ4v) is 4.27. The van der Waals surface area contributed by atoms with E-state index < -0.39 is 5.97 Å². The molecule has 1 amide bonds. The van der Waals surface area contributed by atoms with Gasteiger partial charge in [0.05, 0.1) is 0 Å².